The predicted octanol–water partition coefficient (Wildman–Crippen LogP) is 2.23. The van der Waals surface area contributed by atoms with Crippen molar-refractivity contribution < 1.29 is 4.79 Å². The first-order chi connectivity index (χ1) is 16.1. The van der Waals surface area contributed by atoms with E-state index in [1.165, 1.54) is 16.0 Å². The summed E-state index contributed by atoms with van der Waals surface area (Å²) in [6.07, 6.45) is 5.34. The van der Waals surface area contributed by atoms with Crippen molar-refractivity contribution in [2.45, 2.75) is 19.5 Å². The number of hydrogen-bond donors (Lipinski definition) is 2. The third-order valence-electron chi connectivity index (χ3n) is 5.77. The Bertz CT molecular complexity index is 1620. The molecular weight excluding hydrogens is 440 g/mol. The van der Waals surface area contributed by atoms with Crippen LogP contribution in [-0.4, -0.2) is 41.7 Å². The lowest BCUT2D eigenvalue weighted by molar-refractivity contribution is -0.115. The van der Waals surface area contributed by atoms with Crippen molar-refractivity contribution in [3.8, 4) is 0 Å². The number of carbonyl (C=O) groups excluding carboxylic acids is 1. The molecule has 11 heteroatoms. The van der Waals surface area contributed by atoms with Crippen LogP contribution in [0.2, 0.25) is 0 Å². The number of carbonyl (C=O) groups is 1. The molecule has 10 nitrogen and oxygen atoms in total. The number of anilines is 1. The first-order valence-electron chi connectivity index (χ1n) is 10.3. The van der Waals surface area contributed by atoms with Gasteiger partial charge in [0, 0.05) is 36.1 Å². The van der Waals surface area contributed by atoms with Gasteiger partial charge in [0.15, 0.2) is 10.8 Å². The number of aromatic nitrogens is 6. The van der Waals surface area contributed by atoms with Crippen LogP contribution in [0.5, 0.6) is 0 Å². The first-order valence-corrected chi connectivity index (χ1v) is 11.1. The van der Waals surface area contributed by atoms with Gasteiger partial charge in [0.2, 0.25) is 5.91 Å². The molecule has 33 heavy (non-hydrogen) atoms. The minimum Gasteiger partial charge on any atom is -0.323 e. The van der Waals surface area contributed by atoms with Gasteiger partial charge < -0.3 is 9.88 Å². The number of thiazole rings is 1. The molecule has 5 heterocycles. The number of nitrogens with zero attached hydrogens (tertiary/aromatic N) is 6. The van der Waals surface area contributed by atoms with Crippen LogP contribution in [0.25, 0.3) is 21.3 Å². The minimum atomic E-state index is -0.193. The molecule has 1 aliphatic rings. The highest BCUT2D eigenvalue weighted by molar-refractivity contribution is 7.23. The Balaban J connectivity index is 1.34. The van der Waals surface area contributed by atoms with E-state index in [2.05, 4.69) is 30.6 Å². The molecule has 5 aromatic rings. The molecule has 0 aliphatic carbocycles. The third-order valence-corrected chi connectivity index (χ3v) is 6.76. The number of hydrogen-bond acceptors (Lipinski definition) is 7. The van der Waals surface area contributed by atoms with E-state index in [1.54, 1.807) is 30.1 Å². The summed E-state index contributed by atoms with van der Waals surface area (Å²) in [6, 6.07) is 7.78. The minimum absolute atomic E-state index is 0.177. The van der Waals surface area contributed by atoms with Gasteiger partial charge in [0.25, 0.3) is 5.56 Å². The number of fused-ring (bicyclic) bond motifs is 4. The van der Waals surface area contributed by atoms with Crippen molar-refractivity contribution in [2.24, 2.45) is 12.0 Å². The van der Waals surface area contributed by atoms with Crippen LogP contribution < -0.4 is 10.9 Å². The molecular formula is C22H18N8O2S. The average molecular weight is 459 g/mol. The molecule has 4 aromatic heterocycles. The van der Waals surface area contributed by atoms with Crippen molar-refractivity contribution in [1.82, 2.24) is 29.5 Å². The Labute approximate surface area is 190 Å². The zero-order valence-electron chi connectivity index (χ0n) is 17.6. The fourth-order valence-electron chi connectivity index (χ4n) is 4.18. The van der Waals surface area contributed by atoms with E-state index in [-0.39, 0.29) is 17.9 Å². The van der Waals surface area contributed by atoms with E-state index in [0.717, 1.165) is 32.5 Å². The predicted molar refractivity (Wildman–Crippen MR) is 126 cm³/mol. The van der Waals surface area contributed by atoms with Crippen molar-refractivity contribution in [1.29, 1.82) is 0 Å². The maximum atomic E-state index is 13.3. The number of H-pyrrole nitrogens is 1. The van der Waals surface area contributed by atoms with Crippen LogP contribution in [-0.2, 0) is 31.4 Å². The number of amides is 1. The van der Waals surface area contributed by atoms with Gasteiger partial charge in [-0.2, -0.15) is 10.2 Å². The zero-order chi connectivity index (χ0) is 22.5. The third kappa shape index (κ3) is 3.24. The van der Waals surface area contributed by atoms with Gasteiger partial charge in [-0.25, -0.2) is 9.67 Å². The van der Waals surface area contributed by atoms with Gasteiger partial charge in [0.05, 0.1) is 30.4 Å². The molecule has 0 unspecified atom stereocenters. The summed E-state index contributed by atoms with van der Waals surface area (Å²) in [6.45, 7) is 1.04. The second-order valence-electron chi connectivity index (χ2n) is 7.87. The van der Waals surface area contributed by atoms with E-state index in [1.807, 2.05) is 24.4 Å². The number of nitrogens with one attached hydrogen (secondary N) is 2. The van der Waals surface area contributed by atoms with Gasteiger partial charge in [-0.15, -0.1) is 0 Å². The molecule has 0 saturated carbocycles. The van der Waals surface area contributed by atoms with Crippen LogP contribution in [0, 0.1) is 0 Å². The molecule has 0 spiro atoms. The van der Waals surface area contributed by atoms with E-state index < -0.39 is 0 Å². The van der Waals surface area contributed by atoms with E-state index in [4.69, 9.17) is 0 Å². The van der Waals surface area contributed by atoms with Crippen LogP contribution in [0.4, 0.5) is 5.13 Å². The SMILES string of the molecule is Cn1c2nc(NC(=O)Cc3ccn[nH]3)sc2c2cnn(Cc3cccc4c3C=NC4)c(=O)c21. The monoisotopic (exact) mass is 458 g/mol. The lowest BCUT2D eigenvalue weighted by atomic mass is 10.0. The molecule has 1 amide bonds. The fraction of sp³-hybridized carbons (Fsp3) is 0.182. The molecule has 2 N–H and O–H groups in total. The Morgan fingerprint density at radius 3 is 3.06 bits per heavy atom. The van der Waals surface area contributed by atoms with Crippen LogP contribution in [0.1, 0.15) is 22.4 Å². The van der Waals surface area contributed by atoms with E-state index in [0.29, 0.717) is 29.4 Å². The normalized spacial score (nSPS) is 12.6. The molecule has 1 aliphatic heterocycles. The van der Waals surface area contributed by atoms with Gasteiger partial charge in [-0.3, -0.25) is 19.7 Å². The lowest BCUT2D eigenvalue weighted by Crippen LogP contribution is -2.25. The second-order valence-corrected chi connectivity index (χ2v) is 8.87. The second kappa shape index (κ2) is 7.48. The Kier molecular flexibility index (Phi) is 4.44. The van der Waals surface area contributed by atoms with Crippen molar-refractivity contribution in [3.63, 3.8) is 0 Å². The van der Waals surface area contributed by atoms with Gasteiger partial charge in [-0.1, -0.05) is 29.5 Å². The summed E-state index contributed by atoms with van der Waals surface area (Å²) in [5.74, 6) is -0.193. The number of rotatable bonds is 5. The van der Waals surface area contributed by atoms with Crippen LogP contribution >= 0.6 is 11.3 Å². The maximum Gasteiger partial charge on any atom is 0.291 e. The van der Waals surface area contributed by atoms with Crippen molar-refractivity contribution in [3.05, 3.63) is 69.4 Å². The molecule has 0 fully saturated rings. The maximum absolute atomic E-state index is 13.3. The van der Waals surface area contributed by atoms with Gasteiger partial charge >= 0.3 is 0 Å². The highest BCUT2D eigenvalue weighted by Gasteiger charge is 2.20. The number of benzene rings is 1. The standard InChI is InChI=1S/C22H18N8O2S/c1-29-18-16(19-20(29)27-22(33-19)26-17(31)7-14-5-6-24-28-14)10-25-30(21(18)32)11-13-4-2-3-12-8-23-9-15(12)13/h2-6,9-10H,7-8,11H2,1H3,(H,24,28)(H,26,27,31). The number of aliphatic imine (C=N–C) groups is 1. The van der Waals surface area contributed by atoms with Crippen LogP contribution in [0.3, 0.4) is 0 Å². The lowest BCUT2D eigenvalue weighted by Gasteiger charge is -2.09. The smallest absolute Gasteiger partial charge is 0.291 e. The highest BCUT2D eigenvalue weighted by Crippen LogP contribution is 2.33. The van der Waals surface area contributed by atoms with Gasteiger partial charge in [0.1, 0.15) is 5.52 Å². The summed E-state index contributed by atoms with van der Waals surface area (Å²) in [5.41, 5.74) is 4.95. The quantitative estimate of drug-likeness (QED) is 0.418. The molecule has 1 aromatic carbocycles. The molecule has 0 saturated heterocycles. The summed E-state index contributed by atoms with van der Waals surface area (Å²) in [5, 5.41) is 15.1. The Morgan fingerprint density at radius 2 is 2.21 bits per heavy atom. The molecule has 0 radical (unpaired) electrons. The molecule has 164 valence electrons. The van der Waals surface area contributed by atoms with Crippen molar-refractivity contribution >= 4 is 49.8 Å². The Morgan fingerprint density at radius 1 is 1.30 bits per heavy atom. The fourth-order valence-corrected chi connectivity index (χ4v) is 5.20. The van der Waals surface area contributed by atoms with E-state index >= 15 is 0 Å². The number of aryl methyl sites for hydroxylation is 1. The molecule has 6 rings (SSSR count). The highest BCUT2D eigenvalue weighted by atomic mass is 32.1. The molecule has 0 bridgehead atoms. The molecule has 0 atom stereocenters. The summed E-state index contributed by atoms with van der Waals surface area (Å²) in [4.78, 5) is 34.5. The van der Waals surface area contributed by atoms with Crippen molar-refractivity contribution in [2.75, 3.05) is 5.32 Å². The summed E-state index contributed by atoms with van der Waals surface area (Å²) < 4.78 is 4.05. The van der Waals surface area contributed by atoms with Gasteiger partial charge in [-0.05, 0) is 17.2 Å². The van der Waals surface area contributed by atoms with E-state index in [9.17, 15) is 9.59 Å². The number of aromatic amines is 1. The average Bonchev–Trinajstić information content (AvgIpc) is 3.57. The first kappa shape index (κ1) is 19.6. The largest absolute Gasteiger partial charge is 0.323 e. The summed E-state index contributed by atoms with van der Waals surface area (Å²) >= 11 is 1.33. The Hall–Kier alpha value is -4.12. The zero-order valence-corrected chi connectivity index (χ0v) is 18.4. The summed E-state index contributed by atoms with van der Waals surface area (Å²) in [7, 11) is 1.80. The van der Waals surface area contributed by atoms with Crippen LogP contribution in [0.15, 0.2) is 46.4 Å². The topological polar surface area (TPSA) is 123 Å².